The average molecular weight is 560 g/mol. The van der Waals surface area contributed by atoms with Gasteiger partial charge in [0.05, 0.1) is 6.10 Å². The maximum atomic E-state index is 13.4. The second-order valence-electron chi connectivity index (χ2n) is 7.65. The summed E-state index contributed by atoms with van der Waals surface area (Å²) in [7, 11) is -4.82. The van der Waals surface area contributed by atoms with Crippen LogP contribution in [0.5, 0.6) is 0 Å². The summed E-state index contributed by atoms with van der Waals surface area (Å²) >= 11 is 7.29. The molecule has 1 amide bonds. The van der Waals surface area contributed by atoms with Crippen molar-refractivity contribution in [1.29, 1.82) is 0 Å². The van der Waals surface area contributed by atoms with Gasteiger partial charge in [-0.3, -0.25) is 13.9 Å². The minimum absolute atomic E-state index is 0.109. The van der Waals surface area contributed by atoms with Crippen molar-refractivity contribution in [2.75, 3.05) is 6.79 Å². The number of carbonyl (C=O) groups is 2. The van der Waals surface area contributed by atoms with Crippen molar-refractivity contribution in [3.8, 4) is 0 Å². The molecule has 0 aliphatic heterocycles. The minimum atomic E-state index is -4.82. The van der Waals surface area contributed by atoms with Gasteiger partial charge in [0.1, 0.15) is 11.6 Å². The summed E-state index contributed by atoms with van der Waals surface area (Å²) in [5.41, 5.74) is -1.50. The van der Waals surface area contributed by atoms with Crippen molar-refractivity contribution < 1.29 is 41.8 Å². The number of thiophene rings is 1. The SMILES string of the molecule is CC(C)OC(=O)OCOP(=O)(O)C(C(=O)NC=Cc1cc(F)cc(F)c1)c1csc2ccc(Cl)cc12. The molecule has 36 heavy (non-hydrogen) atoms. The first-order valence-electron chi connectivity index (χ1n) is 10.4. The number of hydrogen-bond acceptors (Lipinski definition) is 7. The molecule has 2 unspecified atom stereocenters. The highest BCUT2D eigenvalue weighted by Crippen LogP contribution is 2.58. The Morgan fingerprint density at radius 3 is 2.56 bits per heavy atom. The lowest BCUT2D eigenvalue weighted by molar-refractivity contribution is -0.120. The van der Waals surface area contributed by atoms with Gasteiger partial charge in [0.2, 0.25) is 12.7 Å². The van der Waals surface area contributed by atoms with Crippen LogP contribution >= 0.6 is 30.5 Å². The molecule has 2 N–H and O–H groups in total. The average Bonchev–Trinajstić information content (AvgIpc) is 3.14. The number of nitrogens with one attached hydrogen (secondary N) is 1. The summed E-state index contributed by atoms with van der Waals surface area (Å²) in [6, 6.07) is 7.61. The third kappa shape index (κ3) is 7.35. The number of benzene rings is 2. The van der Waals surface area contributed by atoms with E-state index in [2.05, 4.69) is 10.1 Å². The van der Waals surface area contributed by atoms with E-state index in [0.29, 0.717) is 21.2 Å². The van der Waals surface area contributed by atoms with Crippen molar-refractivity contribution in [2.24, 2.45) is 0 Å². The van der Waals surface area contributed by atoms with Crippen LogP contribution in [-0.2, 0) is 23.4 Å². The van der Waals surface area contributed by atoms with Gasteiger partial charge < -0.3 is 19.7 Å². The number of carbonyl (C=O) groups excluding carboxylic acids is 2. The molecule has 3 aromatic rings. The molecule has 0 spiro atoms. The van der Waals surface area contributed by atoms with Crippen molar-refractivity contribution in [2.45, 2.75) is 25.6 Å². The largest absolute Gasteiger partial charge is 0.510 e. The number of hydrogen-bond donors (Lipinski definition) is 2. The maximum Gasteiger partial charge on any atom is 0.510 e. The number of ether oxygens (including phenoxy) is 2. The summed E-state index contributed by atoms with van der Waals surface area (Å²) in [5, 5.41) is 4.62. The zero-order chi connectivity index (χ0) is 26.5. The third-order valence-corrected chi connectivity index (χ3v) is 7.42. The predicted octanol–water partition coefficient (Wildman–Crippen LogP) is 6.38. The van der Waals surface area contributed by atoms with Gasteiger partial charge in [-0.05, 0) is 72.1 Å². The zero-order valence-corrected chi connectivity index (χ0v) is 21.4. The Morgan fingerprint density at radius 1 is 1.19 bits per heavy atom. The van der Waals surface area contributed by atoms with Crippen LogP contribution in [0, 0.1) is 11.6 Å². The van der Waals surface area contributed by atoms with Crippen molar-refractivity contribution in [3.05, 3.63) is 75.8 Å². The summed E-state index contributed by atoms with van der Waals surface area (Å²) in [5.74, 6) is -2.59. The highest BCUT2D eigenvalue weighted by atomic mass is 35.5. The Bertz CT molecular complexity index is 1330. The first-order chi connectivity index (χ1) is 17.0. The molecule has 0 saturated carbocycles. The van der Waals surface area contributed by atoms with Gasteiger partial charge in [0.25, 0.3) is 0 Å². The number of rotatable bonds is 9. The predicted molar refractivity (Wildman–Crippen MR) is 132 cm³/mol. The Labute approximate surface area is 214 Å². The fraction of sp³-hybridized carbons (Fsp3) is 0.217. The molecule has 0 saturated heterocycles. The molecule has 8 nitrogen and oxygen atoms in total. The summed E-state index contributed by atoms with van der Waals surface area (Å²) < 4.78 is 55.1. The molecule has 0 aliphatic carbocycles. The van der Waals surface area contributed by atoms with E-state index < -0.39 is 49.8 Å². The lowest BCUT2D eigenvalue weighted by Gasteiger charge is -2.21. The molecular weight excluding hydrogens is 539 g/mol. The van der Waals surface area contributed by atoms with E-state index in [-0.39, 0.29) is 11.1 Å². The highest BCUT2D eigenvalue weighted by molar-refractivity contribution is 7.54. The molecule has 2 atom stereocenters. The van der Waals surface area contributed by atoms with Crippen LogP contribution in [0.15, 0.2) is 48.0 Å². The maximum absolute atomic E-state index is 13.4. The third-order valence-electron chi connectivity index (χ3n) is 4.57. The first kappa shape index (κ1) is 27.8. The van der Waals surface area contributed by atoms with Crippen LogP contribution in [0.1, 0.15) is 30.6 Å². The fourth-order valence-corrected chi connectivity index (χ4v) is 5.65. The lowest BCUT2D eigenvalue weighted by atomic mass is 10.1. The molecule has 0 radical (unpaired) electrons. The Morgan fingerprint density at radius 2 is 1.89 bits per heavy atom. The molecule has 13 heteroatoms. The van der Waals surface area contributed by atoms with E-state index in [1.165, 1.54) is 28.9 Å². The number of amides is 1. The Hall–Kier alpha value is -2.82. The van der Waals surface area contributed by atoms with Gasteiger partial charge in [-0.1, -0.05) is 11.6 Å². The molecule has 1 aromatic heterocycles. The van der Waals surface area contributed by atoms with Crippen LogP contribution < -0.4 is 5.32 Å². The monoisotopic (exact) mass is 559 g/mol. The molecule has 3 rings (SSSR count). The van der Waals surface area contributed by atoms with Gasteiger partial charge in [-0.2, -0.15) is 0 Å². The number of halogens is 3. The van der Waals surface area contributed by atoms with Crippen molar-refractivity contribution in [1.82, 2.24) is 5.32 Å². The second kappa shape index (κ2) is 11.9. The van der Waals surface area contributed by atoms with Crippen LogP contribution in [0.25, 0.3) is 16.2 Å². The van der Waals surface area contributed by atoms with Crippen LogP contribution in [0.3, 0.4) is 0 Å². The van der Waals surface area contributed by atoms with E-state index >= 15 is 0 Å². The van der Waals surface area contributed by atoms with Crippen LogP contribution in [-0.4, -0.2) is 29.9 Å². The van der Waals surface area contributed by atoms with Crippen LogP contribution in [0.4, 0.5) is 13.6 Å². The van der Waals surface area contributed by atoms with Gasteiger partial charge in [-0.15, -0.1) is 11.3 Å². The van der Waals surface area contributed by atoms with Gasteiger partial charge in [-0.25, -0.2) is 13.6 Å². The quantitative estimate of drug-likeness (QED) is 0.178. The Balaban J connectivity index is 1.87. The number of fused-ring (bicyclic) bond motifs is 1. The van der Waals surface area contributed by atoms with Gasteiger partial charge in [0.15, 0.2) is 5.66 Å². The summed E-state index contributed by atoms with van der Waals surface area (Å²) in [6.45, 7) is 2.21. The van der Waals surface area contributed by atoms with Gasteiger partial charge >= 0.3 is 13.8 Å². The van der Waals surface area contributed by atoms with E-state index in [4.69, 9.17) is 20.9 Å². The minimum Gasteiger partial charge on any atom is -0.432 e. The topological polar surface area (TPSA) is 111 Å². The van der Waals surface area contributed by atoms with E-state index in [9.17, 15) is 27.8 Å². The fourth-order valence-electron chi connectivity index (χ4n) is 3.12. The highest BCUT2D eigenvalue weighted by Gasteiger charge is 2.41. The first-order valence-corrected chi connectivity index (χ1v) is 13.3. The normalized spacial score (nSPS) is 14.1. The van der Waals surface area contributed by atoms with Gasteiger partial charge in [0, 0.05) is 22.0 Å². The molecule has 0 bridgehead atoms. The molecule has 1 heterocycles. The zero-order valence-electron chi connectivity index (χ0n) is 18.9. The molecular formula is C23H21ClF2NO7PS. The van der Waals surface area contributed by atoms with E-state index in [1.54, 1.807) is 26.0 Å². The van der Waals surface area contributed by atoms with Crippen molar-refractivity contribution in [3.63, 3.8) is 0 Å². The summed E-state index contributed by atoms with van der Waals surface area (Å²) in [4.78, 5) is 35.4. The standard InChI is InChI=1S/C23H21ClF2NO7PS/c1-13(2)34-23(29)32-12-33-35(30,31)21(19-11-36-20-4-3-15(24)9-18(19)20)22(28)27-6-5-14-7-16(25)10-17(26)8-14/h3-11,13,21H,12H2,1-2H3,(H,27,28)(H,30,31). The van der Waals surface area contributed by atoms with E-state index in [0.717, 1.165) is 18.3 Å². The van der Waals surface area contributed by atoms with Crippen molar-refractivity contribution >= 4 is 58.8 Å². The smallest absolute Gasteiger partial charge is 0.432 e. The molecule has 2 aromatic carbocycles. The summed E-state index contributed by atoms with van der Waals surface area (Å²) in [6.07, 6.45) is 0.667. The molecule has 0 fully saturated rings. The lowest BCUT2D eigenvalue weighted by Crippen LogP contribution is -2.26. The molecule has 192 valence electrons. The van der Waals surface area contributed by atoms with Crippen LogP contribution in [0.2, 0.25) is 5.02 Å². The second-order valence-corrected chi connectivity index (χ2v) is 10.9. The molecule has 0 aliphatic rings. The van der Waals surface area contributed by atoms with E-state index in [1.807, 2.05) is 0 Å². The Kier molecular flexibility index (Phi) is 9.21.